The number of unbranched alkanes of at least 4 members (excludes halogenated alkanes) is 7. The van der Waals surface area contributed by atoms with Crippen molar-refractivity contribution in [3.63, 3.8) is 0 Å². The van der Waals surface area contributed by atoms with Gasteiger partial charge in [0.2, 0.25) is 5.82 Å². The molecule has 0 bridgehead atoms. The van der Waals surface area contributed by atoms with Crippen molar-refractivity contribution in [3.05, 3.63) is 34.6 Å². The number of hydrogen-bond donors (Lipinski definition) is 0. The van der Waals surface area contributed by atoms with Crippen LogP contribution in [0.15, 0.2) is 0 Å². The van der Waals surface area contributed by atoms with Crippen molar-refractivity contribution >= 4 is 8.56 Å². The van der Waals surface area contributed by atoms with Gasteiger partial charge in [0, 0.05) is 19.8 Å². The maximum atomic E-state index is 13.6. The molecule has 1 aromatic rings. The van der Waals surface area contributed by atoms with E-state index in [4.69, 9.17) is 8.85 Å². The SMILES string of the molecule is CO[Si](C)(CCCCCCCCCCc1c(F)c(F)c(F)c(F)c1F)OC. The Labute approximate surface area is 159 Å². The minimum absolute atomic E-state index is 0.150. The average Bonchev–Trinajstić information content (AvgIpc) is 2.68. The van der Waals surface area contributed by atoms with Gasteiger partial charge in [-0.05, 0) is 25.4 Å². The second kappa shape index (κ2) is 11.8. The third kappa shape index (κ3) is 7.16. The van der Waals surface area contributed by atoms with Crippen LogP contribution in [-0.2, 0) is 15.3 Å². The molecule has 27 heavy (non-hydrogen) atoms. The molecule has 1 aromatic carbocycles. The van der Waals surface area contributed by atoms with Crippen LogP contribution in [0.3, 0.4) is 0 Å². The van der Waals surface area contributed by atoms with Crippen LogP contribution in [0.1, 0.15) is 56.9 Å². The quantitative estimate of drug-likeness (QED) is 0.123. The Morgan fingerprint density at radius 2 is 0.963 bits per heavy atom. The normalized spacial score (nSPS) is 12.0. The van der Waals surface area contributed by atoms with Crippen molar-refractivity contribution in [1.82, 2.24) is 0 Å². The van der Waals surface area contributed by atoms with Gasteiger partial charge in [-0.1, -0.05) is 44.9 Å². The zero-order valence-corrected chi connectivity index (χ0v) is 17.3. The molecular formula is C19H29F5O2Si. The van der Waals surface area contributed by atoms with E-state index in [1.807, 2.05) is 6.55 Å². The zero-order valence-electron chi connectivity index (χ0n) is 16.3. The summed E-state index contributed by atoms with van der Waals surface area (Å²) >= 11 is 0. The summed E-state index contributed by atoms with van der Waals surface area (Å²) in [6.07, 6.45) is 7.10. The fourth-order valence-electron chi connectivity index (χ4n) is 2.97. The van der Waals surface area contributed by atoms with Gasteiger partial charge in [-0.15, -0.1) is 0 Å². The van der Waals surface area contributed by atoms with Gasteiger partial charge in [0.1, 0.15) is 0 Å². The summed E-state index contributed by atoms with van der Waals surface area (Å²) in [7, 11) is 1.39. The van der Waals surface area contributed by atoms with Crippen molar-refractivity contribution in [2.24, 2.45) is 0 Å². The number of hydrogen-bond acceptors (Lipinski definition) is 2. The Balaban J connectivity index is 2.19. The molecule has 0 aromatic heterocycles. The number of benzene rings is 1. The molecule has 8 heteroatoms. The minimum atomic E-state index is -2.10. The molecule has 0 N–H and O–H groups in total. The first-order valence-corrected chi connectivity index (χ1v) is 11.9. The third-order valence-corrected chi connectivity index (χ3v) is 7.96. The highest BCUT2D eigenvalue weighted by atomic mass is 28.4. The van der Waals surface area contributed by atoms with Gasteiger partial charge < -0.3 is 8.85 Å². The Morgan fingerprint density at radius 1 is 0.593 bits per heavy atom. The van der Waals surface area contributed by atoms with Crippen LogP contribution in [0.25, 0.3) is 0 Å². The predicted octanol–water partition coefficient (Wildman–Crippen LogP) is 6.41. The molecule has 0 unspecified atom stereocenters. The van der Waals surface area contributed by atoms with Crippen molar-refractivity contribution in [1.29, 1.82) is 0 Å². The highest BCUT2D eigenvalue weighted by Crippen LogP contribution is 2.25. The first-order chi connectivity index (χ1) is 12.8. The highest BCUT2D eigenvalue weighted by molar-refractivity contribution is 6.65. The van der Waals surface area contributed by atoms with E-state index in [2.05, 4.69) is 0 Å². The summed E-state index contributed by atoms with van der Waals surface area (Å²) in [4.78, 5) is 0. The topological polar surface area (TPSA) is 18.5 Å². The maximum absolute atomic E-state index is 13.6. The van der Waals surface area contributed by atoms with Crippen LogP contribution in [0.4, 0.5) is 22.0 Å². The Bertz CT molecular complexity index is 565. The van der Waals surface area contributed by atoms with Crippen LogP contribution in [0.5, 0.6) is 0 Å². The number of rotatable bonds is 13. The van der Waals surface area contributed by atoms with Crippen LogP contribution < -0.4 is 0 Å². The van der Waals surface area contributed by atoms with Gasteiger partial charge in [-0.25, -0.2) is 22.0 Å². The Hall–Kier alpha value is -0.993. The molecule has 0 aliphatic rings. The Kier molecular flexibility index (Phi) is 10.5. The lowest BCUT2D eigenvalue weighted by molar-refractivity contribution is 0.248. The van der Waals surface area contributed by atoms with E-state index in [0.717, 1.165) is 44.6 Å². The zero-order chi connectivity index (χ0) is 20.4. The molecule has 0 radical (unpaired) electrons. The van der Waals surface area contributed by atoms with Crippen LogP contribution in [-0.4, -0.2) is 22.8 Å². The van der Waals surface area contributed by atoms with Crippen molar-refractivity contribution < 1.29 is 30.8 Å². The van der Waals surface area contributed by atoms with Crippen LogP contribution in [0, 0.1) is 29.1 Å². The fraction of sp³-hybridized carbons (Fsp3) is 0.684. The van der Waals surface area contributed by atoms with E-state index in [1.54, 1.807) is 14.2 Å². The lowest BCUT2D eigenvalue weighted by Crippen LogP contribution is -2.35. The van der Waals surface area contributed by atoms with Gasteiger partial charge >= 0.3 is 8.56 Å². The summed E-state index contributed by atoms with van der Waals surface area (Å²) in [5, 5.41) is 0. The summed E-state index contributed by atoms with van der Waals surface area (Å²) in [6.45, 7) is 2.04. The second-order valence-corrected chi connectivity index (χ2v) is 10.5. The molecule has 0 spiro atoms. The van der Waals surface area contributed by atoms with E-state index < -0.39 is 43.2 Å². The van der Waals surface area contributed by atoms with Crippen molar-refractivity contribution in [2.45, 2.75) is 70.4 Å². The van der Waals surface area contributed by atoms with Gasteiger partial charge in [-0.3, -0.25) is 0 Å². The van der Waals surface area contributed by atoms with Gasteiger partial charge in [0.05, 0.1) is 0 Å². The van der Waals surface area contributed by atoms with E-state index in [1.165, 1.54) is 0 Å². The summed E-state index contributed by atoms with van der Waals surface area (Å²) in [5.41, 5.74) is -0.713. The minimum Gasteiger partial charge on any atom is -0.398 e. The van der Waals surface area contributed by atoms with E-state index >= 15 is 0 Å². The first-order valence-electron chi connectivity index (χ1n) is 9.38. The molecule has 0 atom stereocenters. The highest BCUT2D eigenvalue weighted by Gasteiger charge is 2.27. The lowest BCUT2D eigenvalue weighted by atomic mass is 10.0. The molecule has 0 fully saturated rings. The first kappa shape index (κ1) is 24.0. The average molecular weight is 413 g/mol. The van der Waals surface area contributed by atoms with Gasteiger partial charge in [0.15, 0.2) is 23.3 Å². The molecular weight excluding hydrogens is 383 g/mol. The molecule has 1 rings (SSSR count). The van der Waals surface area contributed by atoms with Gasteiger partial charge in [-0.2, -0.15) is 0 Å². The molecule has 0 aliphatic heterocycles. The predicted molar refractivity (Wildman–Crippen MR) is 97.3 cm³/mol. The molecule has 156 valence electrons. The van der Waals surface area contributed by atoms with E-state index in [0.29, 0.717) is 12.8 Å². The molecule has 2 nitrogen and oxygen atoms in total. The molecule has 0 heterocycles. The molecule has 0 saturated carbocycles. The van der Waals surface area contributed by atoms with Gasteiger partial charge in [0.25, 0.3) is 0 Å². The van der Waals surface area contributed by atoms with E-state index in [-0.39, 0.29) is 6.42 Å². The molecule has 0 amide bonds. The molecule has 0 saturated heterocycles. The third-order valence-electron chi connectivity index (χ3n) is 4.97. The summed E-state index contributed by atoms with van der Waals surface area (Å²) < 4.78 is 77.2. The standard InChI is InChI=1S/C19H29F5O2Si/c1-25-27(3,26-2)13-11-9-7-5-4-6-8-10-12-14-15(20)17(22)19(24)18(23)16(14)21/h4-13H2,1-3H3. The van der Waals surface area contributed by atoms with Crippen molar-refractivity contribution in [2.75, 3.05) is 14.2 Å². The smallest absolute Gasteiger partial charge is 0.334 e. The van der Waals surface area contributed by atoms with E-state index in [9.17, 15) is 22.0 Å². The lowest BCUT2D eigenvalue weighted by Gasteiger charge is -2.22. The van der Waals surface area contributed by atoms with Crippen LogP contribution >= 0.6 is 0 Å². The largest absolute Gasteiger partial charge is 0.398 e. The van der Waals surface area contributed by atoms with Crippen LogP contribution in [0.2, 0.25) is 12.6 Å². The summed E-state index contributed by atoms with van der Waals surface area (Å²) in [6, 6.07) is 0.960. The second-order valence-electron chi connectivity index (χ2n) is 6.92. The monoisotopic (exact) mass is 412 g/mol. The maximum Gasteiger partial charge on any atom is 0.334 e. The fourth-order valence-corrected chi connectivity index (χ4v) is 4.43. The molecule has 0 aliphatic carbocycles. The summed E-state index contributed by atoms with van der Waals surface area (Å²) in [5.74, 6) is -9.27. The Morgan fingerprint density at radius 3 is 1.41 bits per heavy atom. The van der Waals surface area contributed by atoms with Crippen molar-refractivity contribution in [3.8, 4) is 0 Å². The number of halogens is 5.